The summed E-state index contributed by atoms with van der Waals surface area (Å²) < 4.78 is 49.7. The van der Waals surface area contributed by atoms with Crippen molar-refractivity contribution in [3.63, 3.8) is 0 Å². The van der Waals surface area contributed by atoms with Crippen LogP contribution in [0.15, 0.2) is 30.7 Å². The van der Waals surface area contributed by atoms with Gasteiger partial charge in [-0.25, -0.2) is 4.98 Å². The quantitative estimate of drug-likeness (QED) is 0.627. The molecule has 1 saturated carbocycles. The van der Waals surface area contributed by atoms with Crippen molar-refractivity contribution >= 4 is 11.5 Å². The van der Waals surface area contributed by atoms with Crippen LogP contribution in [0.25, 0.3) is 16.8 Å². The Morgan fingerprint density at radius 3 is 2.77 bits per heavy atom. The maximum Gasteiger partial charge on any atom is 0.573 e. The lowest BCUT2D eigenvalue weighted by Gasteiger charge is -2.37. The van der Waals surface area contributed by atoms with Gasteiger partial charge in [0, 0.05) is 11.6 Å². The number of alkyl halides is 3. The average molecular weight is 437 g/mol. The fourth-order valence-electron chi connectivity index (χ4n) is 3.86. The standard InChI is InChI=1S/C20H22F3N5O3/c1-19(29)8-4-3-5-16(19)25-18-27-26-17(14-10-24-11-28(14)18)13-7-6-12(30-2)9-15(13)31-20(21,22)23/h6-7,9-11,16,29H,3-5,8H2,1-2H3,(H,25,27)/t16-,19-/m1/s1. The van der Waals surface area contributed by atoms with Crippen molar-refractivity contribution in [3.05, 3.63) is 30.7 Å². The van der Waals surface area contributed by atoms with E-state index in [2.05, 4.69) is 25.2 Å². The molecule has 31 heavy (non-hydrogen) atoms. The van der Waals surface area contributed by atoms with Gasteiger partial charge in [-0.05, 0) is 31.9 Å². The fourth-order valence-corrected chi connectivity index (χ4v) is 3.86. The number of ether oxygens (including phenoxy) is 2. The first-order valence-electron chi connectivity index (χ1n) is 9.80. The molecule has 2 heterocycles. The molecule has 4 rings (SSSR count). The second-order valence-electron chi connectivity index (χ2n) is 7.73. The third kappa shape index (κ3) is 4.36. The molecule has 1 aliphatic rings. The number of aromatic nitrogens is 4. The van der Waals surface area contributed by atoms with E-state index in [0.717, 1.165) is 25.3 Å². The highest BCUT2D eigenvalue weighted by Gasteiger charge is 2.36. The van der Waals surface area contributed by atoms with Gasteiger partial charge in [0.05, 0.1) is 30.5 Å². The van der Waals surface area contributed by atoms with Crippen LogP contribution in [-0.2, 0) is 0 Å². The monoisotopic (exact) mass is 437 g/mol. The van der Waals surface area contributed by atoms with E-state index >= 15 is 0 Å². The molecule has 2 N–H and O–H groups in total. The minimum Gasteiger partial charge on any atom is -0.497 e. The molecule has 1 aromatic carbocycles. The van der Waals surface area contributed by atoms with Crippen LogP contribution in [0.1, 0.15) is 32.6 Å². The molecule has 8 nitrogen and oxygen atoms in total. The zero-order valence-electron chi connectivity index (χ0n) is 17.0. The van der Waals surface area contributed by atoms with Gasteiger partial charge in [0.25, 0.3) is 0 Å². The highest BCUT2D eigenvalue weighted by molar-refractivity contribution is 5.81. The molecular weight excluding hydrogens is 415 g/mol. The van der Waals surface area contributed by atoms with E-state index < -0.39 is 17.7 Å². The predicted octanol–water partition coefficient (Wildman–Crippen LogP) is 3.80. The largest absolute Gasteiger partial charge is 0.573 e. The van der Waals surface area contributed by atoms with E-state index in [0.29, 0.717) is 17.9 Å². The summed E-state index contributed by atoms with van der Waals surface area (Å²) in [7, 11) is 1.35. The van der Waals surface area contributed by atoms with Crippen LogP contribution < -0.4 is 14.8 Å². The van der Waals surface area contributed by atoms with Crippen LogP contribution in [0.4, 0.5) is 19.1 Å². The molecule has 2 atom stereocenters. The number of hydrogen-bond acceptors (Lipinski definition) is 7. The highest BCUT2D eigenvalue weighted by Crippen LogP contribution is 2.38. The van der Waals surface area contributed by atoms with Crippen molar-refractivity contribution in [2.75, 3.05) is 12.4 Å². The average Bonchev–Trinajstić information content (AvgIpc) is 3.19. The number of rotatable bonds is 5. The van der Waals surface area contributed by atoms with Gasteiger partial charge in [-0.1, -0.05) is 12.8 Å². The molecular formula is C20H22F3N5O3. The Balaban J connectivity index is 1.76. The minimum absolute atomic E-state index is 0.0901. The van der Waals surface area contributed by atoms with Gasteiger partial charge in [0.1, 0.15) is 23.5 Å². The lowest BCUT2D eigenvalue weighted by molar-refractivity contribution is -0.274. The lowest BCUT2D eigenvalue weighted by atomic mass is 9.82. The molecule has 1 aliphatic carbocycles. The SMILES string of the molecule is COc1ccc(-c2nnc(N[C@@H]3CCCC[C@@]3(C)O)n3cncc23)c(OC(F)(F)F)c1. The van der Waals surface area contributed by atoms with E-state index in [-0.39, 0.29) is 23.0 Å². The maximum atomic E-state index is 13.0. The number of hydrogen-bond donors (Lipinski definition) is 2. The fraction of sp³-hybridized carbons (Fsp3) is 0.450. The number of benzene rings is 1. The molecule has 0 saturated heterocycles. The molecule has 0 unspecified atom stereocenters. The first kappa shape index (κ1) is 21.2. The summed E-state index contributed by atoms with van der Waals surface area (Å²) in [6.45, 7) is 1.77. The molecule has 0 aliphatic heterocycles. The van der Waals surface area contributed by atoms with Crippen LogP contribution in [-0.4, -0.2) is 49.8 Å². The van der Waals surface area contributed by atoms with Gasteiger partial charge in [-0.15, -0.1) is 23.4 Å². The number of methoxy groups -OCH3 is 1. The molecule has 0 bridgehead atoms. The summed E-state index contributed by atoms with van der Waals surface area (Å²) in [5.41, 5.74) is -0.215. The molecule has 166 valence electrons. The molecule has 1 fully saturated rings. The molecule has 0 amide bonds. The summed E-state index contributed by atoms with van der Waals surface area (Å²) in [5.74, 6) is 0.0914. The Hall–Kier alpha value is -3.08. The summed E-state index contributed by atoms with van der Waals surface area (Å²) in [5, 5.41) is 22.2. The molecule has 0 spiro atoms. The normalized spacial score (nSPS) is 21.8. The van der Waals surface area contributed by atoms with Crippen LogP contribution >= 0.6 is 0 Å². The van der Waals surface area contributed by atoms with Gasteiger partial charge in [0.15, 0.2) is 0 Å². The van der Waals surface area contributed by atoms with Crippen LogP contribution in [0, 0.1) is 0 Å². The van der Waals surface area contributed by atoms with Gasteiger partial charge >= 0.3 is 6.36 Å². The van der Waals surface area contributed by atoms with Crippen molar-refractivity contribution in [1.82, 2.24) is 19.6 Å². The number of nitrogens with one attached hydrogen (secondary N) is 1. The van der Waals surface area contributed by atoms with Gasteiger partial charge < -0.3 is 19.9 Å². The van der Waals surface area contributed by atoms with Crippen LogP contribution in [0.2, 0.25) is 0 Å². The number of imidazole rings is 1. The number of halogens is 3. The van der Waals surface area contributed by atoms with E-state index in [4.69, 9.17) is 4.74 Å². The van der Waals surface area contributed by atoms with Crippen LogP contribution in [0.3, 0.4) is 0 Å². The van der Waals surface area contributed by atoms with E-state index in [1.165, 1.54) is 31.8 Å². The maximum absolute atomic E-state index is 13.0. The highest BCUT2D eigenvalue weighted by atomic mass is 19.4. The predicted molar refractivity (Wildman–Crippen MR) is 106 cm³/mol. The summed E-state index contributed by atoms with van der Waals surface area (Å²) in [4.78, 5) is 4.11. The minimum atomic E-state index is -4.89. The Morgan fingerprint density at radius 1 is 1.26 bits per heavy atom. The Kier molecular flexibility index (Phi) is 5.38. The number of aliphatic hydroxyl groups is 1. The Morgan fingerprint density at radius 2 is 2.06 bits per heavy atom. The van der Waals surface area contributed by atoms with Crippen LogP contribution in [0.5, 0.6) is 11.5 Å². The number of fused-ring (bicyclic) bond motifs is 1. The van der Waals surface area contributed by atoms with Crippen molar-refractivity contribution < 1.29 is 27.8 Å². The van der Waals surface area contributed by atoms with E-state index in [1.807, 2.05) is 0 Å². The third-order valence-electron chi connectivity index (χ3n) is 5.50. The Labute approximate surface area is 176 Å². The van der Waals surface area contributed by atoms with E-state index in [9.17, 15) is 18.3 Å². The van der Waals surface area contributed by atoms with Crippen molar-refractivity contribution in [2.24, 2.45) is 0 Å². The second kappa shape index (κ2) is 7.88. The first-order valence-corrected chi connectivity index (χ1v) is 9.80. The van der Waals surface area contributed by atoms with Gasteiger partial charge in [-0.3, -0.25) is 4.40 Å². The lowest BCUT2D eigenvalue weighted by Crippen LogP contribution is -2.47. The summed E-state index contributed by atoms with van der Waals surface area (Å²) >= 11 is 0. The number of nitrogens with zero attached hydrogens (tertiary/aromatic N) is 4. The van der Waals surface area contributed by atoms with Crippen molar-refractivity contribution in [2.45, 2.75) is 50.6 Å². The molecule has 2 aromatic heterocycles. The smallest absolute Gasteiger partial charge is 0.497 e. The third-order valence-corrected chi connectivity index (χ3v) is 5.50. The molecule has 0 radical (unpaired) electrons. The van der Waals surface area contributed by atoms with Crippen molar-refractivity contribution in [3.8, 4) is 22.8 Å². The Bertz CT molecular complexity index is 1080. The van der Waals surface area contributed by atoms with Crippen molar-refractivity contribution in [1.29, 1.82) is 0 Å². The van der Waals surface area contributed by atoms with Gasteiger partial charge in [0.2, 0.25) is 5.95 Å². The molecule has 3 aromatic rings. The second-order valence-corrected chi connectivity index (χ2v) is 7.73. The summed E-state index contributed by atoms with van der Waals surface area (Å²) in [6, 6.07) is 3.84. The first-order chi connectivity index (χ1) is 14.7. The van der Waals surface area contributed by atoms with Gasteiger partial charge in [-0.2, -0.15) is 0 Å². The zero-order chi connectivity index (χ0) is 22.2. The topological polar surface area (TPSA) is 93.8 Å². The zero-order valence-corrected chi connectivity index (χ0v) is 17.0. The molecule has 11 heteroatoms. The van der Waals surface area contributed by atoms with E-state index in [1.54, 1.807) is 11.3 Å². The summed E-state index contributed by atoms with van der Waals surface area (Å²) in [6.07, 6.45) is 1.41. The number of anilines is 1.